The van der Waals surface area contributed by atoms with E-state index < -0.39 is 0 Å². The Balaban J connectivity index is 0.00000128. The van der Waals surface area contributed by atoms with Gasteiger partial charge in [0, 0.05) is 41.5 Å². The summed E-state index contributed by atoms with van der Waals surface area (Å²) in [4.78, 5) is 4.01. The molecule has 1 aromatic heterocycles. The number of aromatic nitrogens is 1. The Morgan fingerprint density at radius 3 is 2.56 bits per heavy atom. The van der Waals surface area contributed by atoms with E-state index in [2.05, 4.69) is 18.8 Å². The van der Waals surface area contributed by atoms with E-state index in [-0.39, 0.29) is 24.9 Å². The summed E-state index contributed by atoms with van der Waals surface area (Å²) in [6.07, 6.45) is 3.34. The standard InChI is InChI=1S/C10H13BClNO2.ClH/c1-10(2)6-14-11(15-7-10)8-5-13-4-3-9(8)12;/h3-5H,6-7H2,1-2H3;1H. The van der Waals surface area contributed by atoms with E-state index in [0.717, 1.165) is 5.46 Å². The highest BCUT2D eigenvalue weighted by Gasteiger charge is 2.34. The van der Waals surface area contributed by atoms with Crippen LogP contribution in [0, 0.1) is 5.41 Å². The molecule has 0 aromatic carbocycles. The van der Waals surface area contributed by atoms with Gasteiger partial charge in [0.2, 0.25) is 0 Å². The van der Waals surface area contributed by atoms with Crippen molar-refractivity contribution in [3.63, 3.8) is 0 Å². The molecule has 88 valence electrons. The van der Waals surface area contributed by atoms with Crippen molar-refractivity contribution >= 4 is 36.6 Å². The van der Waals surface area contributed by atoms with Crippen LogP contribution in [0.3, 0.4) is 0 Å². The lowest BCUT2D eigenvalue weighted by atomic mass is 9.77. The SMILES string of the molecule is CC1(C)COB(c2cnccc2Cl)OC1.Cl. The minimum atomic E-state index is -0.376. The molecule has 0 atom stereocenters. The topological polar surface area (TPSA) is 31.4 Å². The van der Waals surface area contributed by atoms with Gasteiger partial charge < -0.3 is 9.31 Å². The average Bonchev–Trinajstić information content (AvgIpc) is 2.19. The van der Waals surface area contributed by atoms with Gasteiger partial charge in [-0.15, -0.1) is 12.4 Å². The van der Waals surface area contributed by atoms with Gasteiger partial charge >= 0.3 is 7.12 Å². The van der Waals surface area contributed by atoms with Gasteiger partial charge in [-0.2, -0.15) is 0 Å². The number of hydrogen-bond donors (Lipinski definition) is 0. The summed E-state index contributed by atoms with van der Waals surface area (Å²) in [5.41, 5.74) is 0.875. The molecule has 0 saturated carbocycles. The first-order chi connectivity index (χ1) is 7.08. The minimum Gasteiger partial charge on any atom is -0.407 e. The van der Waals surface area contributed by atoms with Gasteiger partial charge in [0.1, 0.15) is 0 Å². The lowest BCUT2D eigenvalue weighted by molar-refractivity contribution is 0.0343. The van der Waals surface area contributed by atoms with Gasteiger partial charge in [0.05, 0.1) is 0 Å². The van der Waals surface area contributed by atoms with Crippen LogP contribution >= 0.6 is 24.0 Å². The molecule has 16 heavy (non-hydrogen) atoms. The van der Waals surface area contributed by atoms with Crippen molar-refractivity contribution in [1.29, 1.82) is 0 Å². The molecule has 0 unspecified atom stereocenters. The summed E-state index contributed by atoms with van der Waals surface area (Å²) in [5, 5.41) is 0.634. The monoisotopic (exact) mass is 261 g/mol. The molecule has 1 aromatic rings. The van der Waals surface area contributed by atoms with Crippen molar-refractivity contribution < 1.29 is 9.31 Å². The van der Waals surface area contributed by atoms with E-state index in [4.69, 9.17) is 20.9 Å². The van der Waals surface area contributed by atoms with E-state index in [1.807, 2.05) is 0 Å². The van der Waals surface area contributed by atoms with E-state index in [0.29, 0.717) is 18.2 Å². The molecular formula is C10H14BCl2NO2. The molecule has 6 heteroatoms. The fourth-order valence-corrected chi connectivity index (χ4v) is 1.63. The van der Waals surface area contributed by atoms with Gasteiger partial charge in [-0.25, -0.2) is 0 Å². The predicted molar refractivity (Wildman–Crippen MR) is 67.6 cm³/mol. The highest BCUT2D eigenvalue weighted by Crippen LogP contribution is 2.22. The van der Waals surface area contributed by atoms with E-state index in [9.17, 15) is 0 Å². The maximum atomic E-state index is 6.03. The summed E-state index contributed by atoms with van der Waals surface area (Å²) < 4.78 is 11.2. The maximum absolute atomic E-state index is 6.03. The first kappa shape index (κ1) is 13.8. The highest BCUT2D eigenvalue weighted by atomic mass is 35.5. The van der Waals surface area contributed by atoms with Crippen LogP contribution in [-0.4, -0.2) is 25.3 Å². The zero-order valence-corrected chi connectivity index (χ0v) is 10.8. The van der Waals surface area contributed by atoms with E-state index in [1.54, 1.807) is 18.5 Å². The van der Waals surface area contributed by atoms with Crippen LogP contribution in [0.25, 0.3) is 0 Å². The number of hydrogen-bond acceptors (Lipinski definition) is 3. The molecule has 1 fully saturated rings. The van der Waals surface area contributed by atoms with Gasteiger partial charge in [-0.05, 0) is 6.07 Å². The lowest BCUT2D eigenvalue weighted by Crippen LogP contribution is -2.47. The molecule has 1 aliphatic rings. The number of nitrogens with zero attached hydrogens (tertiary/aromatic N) is 1. The molecule has 0 spiro atoms. The molecule has 0 radical (unpaired) electrons. The fourth-order valence-electron chi connectivity index (χ4n) is 1.44. The molecule has 0 bridgehead atoms. The highest BCUT2D eigenvalue weighted by molar-refractivity contribution is 6.65. The molecule has 0 amide bonds. The van der Waals surface area contributed by atoms with Crippen LogP contribution in [0.15, 0.2) is 18.5 Å². The second kappa shape index (κ2) is 5.36. The van der Waals surface area contributed by atoms with Gasteiger partial charge in [0.25, 0.3) is 0 Å². The zero-order valence-electron chi connectivity index (χ0n) is 9.27. The Bertz CT molecular complexity index is 352. The predicted octanol–water partition coefficient (Wildman–Crippen LogP) is 1.93. The second-order valence-corrected chi connectivity index (χ2v) is 4.92. The fraction of sp³-hybridized carbons (Fsp3) is 0.500. The molecule has 2 heterocycles. The summed E-state index contributed by atoms with van der Waals surface area (Å²) in [5.74, 6) is 0. The van der Waals surface area contributed by atoms with Crippen molar-refractivity contribution in [2.45, 2.75) is 13.8 Å². The van der Waals surface area contributed by atoms with Crippen LogP contribution < -0.4 is 5.46 Å². The number of halogens is 2. The molecule has 2 rings (SSSR count). The first-order valence-electron chi connectivity index (χ1n) is 4.91. The smallest absolute Gasteiger partial charge is 0.407 e. The summed E-state index contributed by atoms with van der Waals surface area (Å²) in [6.45, 7) is 5.55. The van der Waals surface area contributed by atoms with Crippen molar-refractivity contribution in [1.82, 2.24) is 4.98 Å². The number of pyridine rings is 1. The zero-order chi connectivity index (χ0) is 10.9. The Hall–Kier alpha value is -0.285. The third kappa shape index (κ3) is 3.11. The Morgan fingerprint density at radius 1 is 1.38 bits per heavy atom. The largest absolute Gasteiger partial charge is 0.497 e. The summed E-state index contributed by atoms with van der Waals surface area (Å²) in [6, 6.07) is 1.74. The van der Waals surface area contributed by atoms with Crippen LogP contribution in [0.5, 0.6) is 0 Å². The molecule has 1 saturated heterocycles. The summed E-state index contributed by atoms with van der Waals surface area (Å²) >= 11 is 6.03. The second-order valence-electron chi connectivity index (χ2n) is 4.52. The normalized spacial score (nSPS) is 19.1. The summed E-state index contributed by atoms with van der Waals surface area (Å²) in [7, 11) is -0.376. The molecule has 3 nitrogen and oxygen atoms in total. The van der Waals surface area contributed by atoms with Crippen molar-refractivity contribution in [2.24, 2.45) is 5.41 Å². The van der Waals surface area contributed by atoms with E-state index in [1.165, 1.54) is 0 Å². The Morgan fingerprint density at radius 2 is 2.00 bits per heavy atom. The first-order valence-corrected chi connectivity index (χ1v) is 5.29. The molecular weight excluding hydrogens is 248 g/mol. The van der Waals surface area contributed by atoms with Gasteiger partial charge in [-0.3, -0.25) is 4.98 Å². The molecule has 0 N–H and O–H groups in total. The quantitative estimate of drug-likeness (QED) is 0.724. The van der Waals surface area contributed by atoms with Crippen molar-refractivity contribution in [3.05, 3.63) is 23.5 Å². The molecule has 0 aliphatic carbocycles. The van der Waals surface area contributed by atoms with Crippen LogP contribution in [0.4, 0.5) is 0 Å². The average molecular weight is 262 g/mol. The van der Waals surface area contributed by atoms with Crippen LogP contribution in [-0.2, 0) is 9.31 Å². The maximum Gasteiger partial charge on any atom is 0.497 e. The van der Waals surface area contributed by atoms with Crippen molar-refractivity contribution in [2.75, 3.05) is 13.2 Å². The third-order valence-electron chi connectivity index (χ3n) is 2.30. The van der Waals surface area contributed by atoms with Crippen LogP contribution in [0.1, 0.15) is 13.8 Å². The Kier molecular flexibility index (Phi) is 4.62. The molecule has 1 aliphatic heterocycles. The number of rotatable bonds is 1. The Labute approximate surface area is 107 Å². The third-order valence-corrected chi connectivity index (χ3v) is 2.65. The van der Waals surface area contributed by atoms with Gasteiger partial charge in [0.15, 0.2) is 0 Å². The minimum absolute atomic E-state index is 0. The van der Waals surface area contributed by atoms with Gasteiger partial charge in [-0.1, -0.05) is 25.4 Å². The van der Waals surface area contributed by atoms with E-state index >= 15 is 0 Å². The van der Waals surface area contributed by atoms with Crippen LogP contribution in [0.2, 0.25) is 5.02 Å². The van der Waals surface area contributed by atoms with Crippen molar-refractivity contribution in [3.8, 4) is 0 Å². The lowest BCUT2D eigenvalue weighted by Gasteiger charge is -2.33.